The molecule has 0 aliphatic carbocycles. The summed E-state index contributed by atoms with van der Waals surface area (Å²) in [6.07, 6.45) is -0.447. The lowest BCUT2D eigenvalue weighted by Crippen LogP contribution is -2.44. The Morgan fingerprint density at radius 1 is 1.20 bits per heavy atom. The molecular formula is C22H22N4O3S. The molecular weight excluding hydrogens is 400 g/mol. The van der Waals surface area contributed by atoms with Gasteiger partial charge in [-0.1, -0.05) is 30.3 Å². The minimum absolute atomic E-state index is 0.0765. The number of ether oxygens (including phenoxy) is 1. The fraction of sp³-hybridized carbons (Fsp3) is 0.227. The molecule has 2 heterocycles. The molecule has 8 heteroatoms. The molecule has 1 aliphatic rings. The Kier molecular flexibility index (Phi) is 5.78. The summed E-state index contributed by atoms with van der Waals surface area (Å²) in [6.45, 7) is 2.34. The Morgan fingerprint density at radius 2 is 1.93 bits per heavy atom. The number of carbonyl (C=O) groups is 2. The molecule has 0 saturated heterocycles. The van der Waals surface area contributed by atoms with Crippen molar-refractivity contribution in [3.05, 3.63) is 71.2 Å². The van der Waals surface area contributed by atoms with E-state index in [2.05, 4.69) is 5.32 Å². The van der Waals surface area contributed by atoms with Gasteiger partial charge in [-0.2, -0.15) is 0 Å². The lowest BCUT2D eigenvalue weighted by atomic mass is 10.1. The molecule has 7 nitrogen and oxygen atoms in total. The van der Waals surface area contributed by atoms with E-state index in [1.807, 2.05) is 53.9 Å². The molecule has 0 unspecified atom stereocenters. The second-order valence-corrected chi connectivity index (χ2v) is 7.67. The van der Waals surface area contributed by atoms with Crippen molar-refractivity contribution in [3.63, 3.8) is 0 Å². The first kappa shape index (κ1) is 20.1. The Hall–Kier alpha value is -3.23. The summed E-state index contributed by atoms with van der Waals surface area (Å²) < 4.78 is 5.21. The number of nitrogens with one attached hydrogen (secondary N) is 1. The summed E-state index contributed by atoms with van der Waals surface area (Å²) in [5.74, 6) is -0.205. The molecule has 30 heavy (non-hydrogen) atoms. The summed E-state index contributed by atoms with van der Waals surface area (Å²) >= 11 is 1.37. The molecule has 2 aromatic carbocycles. The highest BCUT2D eigenvalue weighted by molar-refractivity contribution is 7.14. The monoisotopic (exact) mass is 422 g/mol. The number of aromatic nitrogens is 1. The zero-order valence-electron chi connectivity index (χ0n) is 16.7. The van der Waals surface area contributed by atoms with Gasteiger partial charge < -0.3 is 15.0 Å². The van der Waals surface area contributed by atoms with Gasteiger partial charge in [-0.05, 0) is 24.3 Å². The van der Waals surface area contributed by atoms with Crippen LogP contribution >= 0.6 is 11.3 Å². The first-order valence-corrected chi connectivity index (χ1v) is 10.4. The largest absolute Gasteiger partial charge is 0.383 e. The number of fused-ring (bicyclic) bond motifs is 1. The van der Waals surface area contributed by atoms with E-state index in [9.17, 15) is 9.59 Å². The van der Waals surface area contributed by atoms with Crippen LogP contribution in [0.1, 0.15) is 29.1 Å². The first-order valence-electron chi connectivity index (χ1n) is 9.57. The maximum atomic E-state index is 13.1. The number of amides is 2. The van der Waals surface area contributed by atoms with Gasteiger partial charge in [-0.25, -0.2) is 4.98 Å². The van der Waals surface area contributed by atoms with E-state index >= 15 is 0 Å². The number of carbonyl (C=O) groups excluding carboxylic acids is 2. The average Bonchev–Trinajstić information content (AvgIpc) is 3.23. The van der Waals surface area contributed by atoms with Gasteiger partial charge in [0.25, 0.3) is 5.91 Å². The third-order valence-electron chi connectivity index (χ3n) is 4.87. The predicted octanol–water partition coefficient (Wildman–Crippen LogP) is 4.04. The molecule has 154 valence electrons. The second-order valence-electron chi connectivity index (χ2n) is 6.83. The molecule has 2 amide bonds. The van der Waals surface area contributed by atoms with E-state index in [0.29, 0.717) is 29.5 Å². The predicted molar refractivity (Wildman–Crippen MR) is 117 cm³/mol. The van der Waals surface area contributed by atoms with Crippen molar-refractivity contribution in [1.29, 1.82) is 0 Å². The van der Waals surface area contributed by atoms with Crippen molar-refractivity contribution in [3.8, 4) is 0 Å². The molecule has 0 radical (unpaired) electrons. The fourth-order valence-electron chi connectivity index (χ4n) is 3.46. The highest BCUT2D eigenvalue weighted by Gasteiger charge is 2.34. The van der Waals surface area contributed by atoms with E-state index < -0.39 is 6.17 Å². The van der Waals surface area contributed by atoms with Crippen LogP contribution in [0, 0.1) is 0 Å². The molecule has 0 fully saturated rings. The zero-order chi connectivity index (χ0) is 21.1. The molecule has 1 aliphatic heterocycles. The normalized spacial score (nSPS) is 15.5. The number of nitrogens with zero attached hydrogens (tertiary/aromatic N) is 3. The third kappa shape index (κ3) is 3.79. The third-order valence-corrected chi connectivity index (χ3v) is 5.71. The van der Waals surface area contributed by atoms with E-state index in [1.54, 1.807) is 23.0 Å². The highest BCUT2D eigenvalue weighted by Crippen LogP contribution is 2.36. The van der Waals surface area contributed by atoms with Crippen LogP contribution in [-0.4, -0.2) is 42.0 Å². The molecule has 1 N–H and O–H groups in total. The Labute approximate surface area is 178 Å². The smallest absolute Gasteiger partial charge is 0.257 e. The lowest BCUT2D eigenvalue weighted by Gasteiger charge is -2.36. The van der Waals surface area contributed by atoms with Gasteiger partial charge in [0.1, 0.15) is 6.17 Å². The van der Waals surface area contributed by atoms with Gasteiger partial charge in [-0.15, -0.1) is 11.3 Å². The summed E-state index contributed by atoms with van der Waals surface area (Å²) in [6, 6.07) is 16.8. The maximum Gasteiger partial charge on any atom is 0.257 e. The van der Waals surface area contributed by atoms with Crippen LogP contribution < -0.4 is 10.2 Å². The minimum atomic E-state index is -0.447. The van der Waals surface area contributed by atoms with Crippen molar-refractivity contribution in [2.24, 2.45) is 0 Å². The number of anilines is 3. The van der Waals surface area contributed by atoms with Crippen molar-refractivity contribution in [2.75, 3.05) is 30.5 Å². The zero-order valence-corrected chi connectivity index (χ0v) is 17.6. The number of hydrogen-bond donors (Lipinski definition) is 1. The van der Waals surface area contributed by atoms with Crippen LogP contribution in [0.15, 0.2) is 60.0 Å². The second kappa shape index (κ2) is 8.64. The van der Waals surface area contributed by atoms with E-state index in [0.717, 1.165) is 11.4 Å². The van der Waals surface area contributed by atoms with E-state index in [-0.39, 0.29) is 11.8 Å². The fourth-order valence-corrected chi connectivity index (χ4v) is 4.36. The topological polar surface area (TPSA) is 74.8 Å². The van der Waals surface area contributed by atoms with Crippen molar-refractivity contribution in [1.82, 2.24) is 9.88 Å². The standard InChI is InChI=1S/C22H22N4O3S/c1-15(27)26(16-8-4-3-5-9-16)22-24-19(14-30-22)20-23-18-11-7-6-10-17(18)21(28)25(20)12-13-29-2/h3-11,14,20,23H,12-13H2,1-2H3/t20-/m1/s1. The number of benzene rings is 2. The van der Waals surface area contributed by atoms with Crippen molar-refractivity contribution in [2.45, 2.75) is 13.1 Å². The Bertz CT molecular complexity index is 1050. The quantitative estimate of drug-likeness (QED) is 0.649. The van der Waals surface area contributed by atoms with Gasteiger partial charge in [0.2, 0.25) is 5.91 Å². The summed E-state index contributed by atoms with van der Waals surface area (Å²) in [5, 5.41) is 5.85. The van der Waals surface area contributed by atoms with Gasteiger partial charge >= 0.3 is 0 Å². The van der Waals surface area contributed by atoms with Gasteiger partial charge in [-0.3, -0.25) is 14.5 Å². The highest BCUT2D eigenvalue weighted by atomic mass is 32.1. The number of hydrogen-bond acceptors (Lipinski definition) is 6. The lowest BCUT2D eigenvalue weighted by molar-refractivity contribution is -0.115. The number of rotatable bonds is 6. The SMILES string of the molecule is COCCN1C(=O)c2ccccc2N[C@H]1c1csc(N(C(C)=O)c2ccccc2)n1. The Balaban J connectivity index is 1.70. The van der Waals surface area contributed by atoms with Crippen molar-refractivity contribution >= 4 is 39.7 Å². The van der Waals surface area contributed by atoms with Crippen molar-refractivity contribution < 1.29 is 14.3 Å². The summed E-state index contributed by atoms with van der Waals surface area (Å²) in [4.78, 5) is 33.5. The van der Waals surface area contributed by atoms with Gasteiger partial charge in [0.15, 0.2) is 5.13 Å². The average molecular weight is 423 g/mol. The number of para-hydroxylation sites is 2. The van der Waals surface area contributed by atoms with Crippen LogP contribution in [0.5, 0.6) is 0 Å². The molecule has 0 bridgehead atoms. The van der Waals surface area contributed by atoms with Gasteiger partial charge in [0, 0.05) is 31.6 Å². The molecule has 1 aromatic heterocycles. The Morgan fingerprint density at radius 3 is 2.67 bits per heavy atom. The molecule has 4 rings (SSSR count). The van der Waals surface area contributed by atoms with E-state index in [4.69, 9.17) is 9.72 Å². The van der Waals surface area contributed by atoms with Crippen LogP contribution in [0.25, 0.3) is 0 Å². The minimum Gasteiger partial charge on any atom is -0.383 e. The number of thiazole rings is 1. The van der Waals surface area contributed by atoms with Crippen LogP contribution in [0.2, 0.25) is 0 Å². The van der Waals surface area contributed by atoms with E-state index in [1.165, 1.54) is 18.3 Å². The number of methoxy groups -OCH3 is 1. The first-order chi connectivity index (χ1) is 14.6. The maximum absolute atomic E-state index is 13.1. The summed E-state index contributed by atoms with van der Waals surface area (Å²) in [5.41, 5.74) is 2.81. The molecule has 3 aromatic rings. The molecule has 0 spiro atoms. The summed E-state index contributed by atoms with van der Waals surface area (Å²) in [7, 11) is 1.61. The molecule has 1 atom stereocenters. The van der Waals surface area contributed by atoms with Gasteiger partial charge in [0.05, 0.1) is 23.6 Å². The molecule has 0 saturated carbocycles. The van der Waals surface area contributed by atoms with Crippen LogP contribution in [0.3, 0.4) is 0 Å². The van der Waals surface area contributed by atoms with Crippen LogP contribution in [0.4, 0.5) is 16.5 Å². The van der Waals surface area contributed by atoms with Crippen LogP contribution in [-0.2, 0) is 9.53 Å².